The number of nitrogens with one attached hydrogen (secondary N) is 1. The molecule has 1 saturated heterocycles. The van der Waals surface area contributed by atoms with Crippen LogP contribution in [-0.4, -0.2) is 44.6 Å². The van der Waals surface area contributed by atoms with E-state index in [1.807, 2.05) is 0 Å². The molecule has 132 valence electrons. The summed E-state index contributed by atoms with van der Waals surface area (Å²) < 4.78 is 10.2. The molecule has 25 heavy (non-hydrogen) atoms. The number of methoxy groups -OCH3 is 1. The second-order valence-electron chi connectivity index (χ2n) is 5.31. The summed E-state index contributed by atoms with van der Waals surface area (Å²) in [5.74, 6) is 0.678. The summed E-state index contributed by atoms with van der Waals surface area (Å²) in [6, 6.07) is 4.89. The molecule has 0 bridgehead atoms. The van der Waals surface area contributed by atoms with Gasteiger partial charge in [0.1, 0.15) is 5.75 Å². The highest BCUT2D eigenvalue weighted by molar-refractivity contribution is 6.31. The average Bonchev–Trinajstić information content (AvgIpc) is 2.99. The smallest absolute Gasteiger partial charge is 0.311 e. The third-order valence-corrected chi connectivity index (χ3v) is 3.86. The quantitative estimate of drug-likeness (QED) is 0.601. The van der Waals surface area contributed by atoms with Gasteiger partial charge in [0, 0.05) is 18.0 Å². The van der Waals surface area contributed by atoms with Gasteiger partial charge in [0.25, 0.3) is 5.91 Å². The number of ether oxygens (including phenoxy) is 2. The fourth-order valence-electron chi connectivity index (χ4n) is 2.43. The van der Waals surface area contributed by atoms with Crippen molar-refractivity contribution < 1.29 is 23.9 Å². The van der Waals surface area contributed by atoms with Gasteiger partial charge in [0.2, 0.25) is 5.91 Å². The van der Waals surface area contributed by atoms with Gasteiger partial charge in [-0.1, -0.05) is 17.5 Å². The van der Waals surface area contributed by atoms with Crippen molar-refractivity contribution in [2.45, 2.75) is 6.42 Å². The predicted molar refractivity (Wildman–Crippen MR) is 91.3 cm³/mol. The lowest BCUT2D eigenvalue weighted by Gasteiger charge is -2.19. The first-order chi connectivity index (χ1) is 12.0. The molecule has 1 aliphatic rings. The van der Waals surface area contributed by atoms with Crippen LogP contribution in [0.3, 0.4) is 0 Å². The first kappa shape index (κ1) is 18.6. The summed E-state index contributed by atoms with van der Waals surface area (Å²) in [5, 5.41) is 2.83. The van der Waals surface area contributed by atoms with Gasteiger partial charge >= 0.3 is 5.97 Å². The second kappa shape index (κ2) is 8.40. The number of hydrogen-bond donors (Lipinski definition) is 1. The van der Waals surface area contributed by atoms with Gasteiger partial charge < -0.3 is 19.7 Å². The third kappa shape index (κ3) is 4.64. The third-order valence-electron chi connectivity index (χ3n) is 3.62. The Morgan fingerprint density at radius 3 is 2.92 bits per heavy atom. The Morgan fingerprint density at radius 1 is 1.48 bits per heavy atom. The summed E-state index contributed by atoms with van der Waals surface area (Å²) in [6.45, 7) is -0.257. The number of carbonyl (C=O) groups excluding carboxylic acids is 3. The van der Waals surface area contributed by atoms with Crippen LogP contribution in [0.15, 0.2) is 18.2 Å². The molecule has 0 spiro atoms. The Morgan fingerprint density at radius 2 is 2.24 bits per heavy atom. The normalized spacial score (nSPS) is 16.3. The monoisotopic (exact) mass is 364 g/mol. The summed E-state index contributed by atoms with van der Waals surface area (Å²) in [4.78, 5) is 37.2. The number of halogens is 1. The first-order valence-corrected chi connectivity index (χ1v) is 7.84. The molecule has 1 aromatic carbocycles. The van der Waals surface area contributed by atoms with E-state index in [1.165, 1.54) is 12.0 Å². The number of esters is 1. The van der Waals surface area contributed by atoms with E-state index in [2.05, 4.69) is 11.2 Å². The van der Waals surface area contributed by atoms with E-state index in [0.717, 1.165) is 0 Å². The Kier molecular flexibility index (Phi) is 6.25. The van der Waals surface area contributed by atoms with Crippen molar-refractivity contribution in [3.8, 4) is 18.1 Å². The second-order valence-corrected chi connectivity index (χ2v) is 5.75. The first-order valence-electron chi connectivity index (χ1n) is 7.47. The Labute approximate surface area is 150 Å². The molecule has 1 N–H and O–H groups in total. The van der Waals surface area contributed by atoms with Crippen molar-refractivity contribution in [2.24, 2.45) is 5.92 Å². The van der Waals surface area contributed by atoms with Crippen molar-refractivity contribution in [2.75, 3.05) is 31.7 Å². The van der Waals surface area contributed by atoms with Crippen molar-refractivity contribution in [1.29, 1.82) is 0 Å². The zero-order valence-corrected chi connectivity index (χ0v) is 14.3. The summed E-state index contributed by atoms with van der Waals surface area (Å²) in [7, 11) is 1.48. The Bertz CT molecular complexity index is 728. The molecule has 1 atom stereocenters. The molecule has 1 aromatic rings. The van der Waals surface area contributed by atoms with Gasteiger partial charge in [-0.15, -0.1) is 6.42 Å². The lowest BCUT2D eigenvalue weighted by Crippen LogP contribution is -2.31. The minimum Gasteiger partial charge on any atom is -0.495 e. The molecule has 2 rings (SSSR count). The minimum atomic E-state index is -0.670. The number of carbonyl (C=O) groups is 3. The highest BCUT2D eigenvalue weighted by atomic mass is 35.5. The van der Waals surface area contributed by atoms with E-state index in [9.17, 15) is 14.4 Å². The molecule has 8 heteroatoms. The van der Waals surface area contributed by atoms with Gasteiger partial charge in [-0.2, -0.15) is 0 Å². The molecule has 1 heterocycles. The predicted octanol–water partition coefficient (Wildman–Crippen LogP) is 0.994. The minimum absolute atomic E-state index is 0.0134. The van der Waals surface area contributed by atoms with Crippen molar-refractivity contribution in [3.63, 3.8) is 0 Å². The number of terminal acetylenes is 1. The lowest BCUT2D eigenvalue weighted by atomic mass is 10.1. The van der Waals surface area contributed by atoms with E-state index < -0.39 is 24.4 Å². The maximum atomic E-state index is 12.3. The molecule has 0 aromatic heterocycles. The van der Waals surface area contributed by atoms with Crippen LogP contribution in [0.5, 0.6) is 5.75 Å². The molecule has 2 amide bonds. The van der Waals surface area contributed by atoms with Gasteiger partial charge in [-0.3, -0.25) is 14.4 Å². The SMILES string of the molecule is C#CCNC(=O)COC(=O)[C@H]1CC(=O)N(c2cc(Cl)ccc2OC)C1. The van der Waals surface area contributed by atoms with E-state index in [1.54, 1.807) is 18.2 Å². The van der Waals surface area contributed by atoms with Crippen LogP contribution in [0.2, 0.25) is 5.02 Å². The molecule has 0 aliphatic carbocycles. The average molecular weight is 365 g/mol. The largest absolute Gasteiger partial charge is 0.495 e. The van der Waals surface area contributed by atoms with Gasteiger partial charge in [0.05, 0.1) is 25.3 Å². The van der Waals surface area contributed by atoms with Gasteiger partial charge in [-0.25, -0.2) is 0 Å². The highest BCUT2D eigenvalue weighted by Crippen LogP contribution is 2.35. The van der Waals surface area contributed by atoms with Crippen LogP contribution in [0.1, 0.15) is 6.42 Å². The van der Waals surface area contributed by atoms with Gasteiger partial charge in [-0.05, 0) is 18.2 Å². The maximum absolute atomic E-state index is 12.3. The number of nitrogens with zero attached hydrogens (tertiary/aromatic N) is 1. The lowest BCUT2D eigenvalue weighted by molar-refractivity contribution is -0.152. The molecular weight excluding hydrogens is 348 g/mol. The van der Waals surface area contributed by atoms with Crippen LogP contribution in [-0.2, 0) is 19.1 Å². The molecule has 7 nitrogen and oxygen atoms in total. The van der Waals surface area contributed by atoms with E-state index in [4.69, 9.17) is 27.5 Å². The number of hydrogen-bond acceptors (Lipinski definition) is 5. The van der Waals surface area contributed by atoms with Crippen molar-refractivity contribution >= 4 is 35.1 Å². The van der Waals surface area contributed by atoms with E-state index in [0.29, 0.717) is 16.5 Å². The molecule has 1 fully saturated rings. The Hall–Kier alpha value is -2.72. The Balaban J connectivity index is 2.00. The summed E-state index contributed by atoms with van der Waals surface area (Å²) >= 11 is 5.98. The fraction of sp³-hybridized carbons (Fsp3) is 0.353. The number of rotatable bonds is 6. The van der Waals surface area contributed by atoms with Crippen LogP contribution >= 0.6 is 11.6 Å². The van der Waals surface area contributed by atoms with Gasteiger partial charge in [0.15, 0.2) is 6.61 Å². The fourth-order valence-corrected chi connectivity index (χ4v) is 2.59. The van der Waals surface area contributed by atoms with Crippen molar-refractivity contribution in [3.05, 3.63) is 23.2 Å². The summed E-state index contributed by atoms with van der Waals surface area (Å²) in [5.41, 5.74) is 0.488. The zero-order valence-electron chi connectivity index (χ0n) is 13.6. The maximum Gasteiger partial charge on any atom is 0.311 e. The number of benzene rings is 1. The molecule has 0 unspecified atom stereocenters. The molecule has 1 aliphatic heterocycles. The standard InChI is InChI=1S/C17H17ClN2O5/c1-3-6-19-15(21)10-25-17(23)11-7-16(22)20(9-11)13-8-12(18)4-5-14(13)24-2/h1,4-5,8,11H,6-7,9-10H2,2H3,(H,19,21)/t11-/m0/s1. The van der Waals surface area contributed by atoms with Crippen LogP contribution in [0.25, 0.3) is 0 Å². The highest BCUT2D eigenvalue weighted by Gasteiger charge is 2.37. The molecule has 0 radical (unpaired) electrons. The van der Waals surface area contributed by atoms with Crippen molar-refractivity contribution in [1.82, 2.24) is 5.32 Å². The topological polar surface area (TPSA) is 84.9 Å². The molecular formula is C17H17ClN2O5. The summed E-state index contributed by atoms with van der Waals surface area (Å²) in [6.07, 6.45) is 5.00. The number of anilines is 1. The number of amides is 2. The van der Waals surface area contributed by atoms with Crippen LogP contribution in [0, 0.1) is 18.3 Å². The zero-order chi connectivity index (χ0) is 18.4. The van der Waals surface area contributed by atoms with E-state index >= 15 is 0 Å². The van der Waals surface area contributed by atoms with E-state index in [-0.39, 0.29) is 25.4 Å². The van der Waals surface area contributed by atoms with Crippen LogP contribution < -0.4 is 15.0 Å². The molecule has 0 saturated carbocycles. The van der Waals surface area contributed by atoms with Crippen LogP contribution in [0.4, 0.5) is 5.69 Å².